The largest absolute Gasteiger partial charge is 0.454 e. The normalized spacial score (nSPS) is 13.8. The molecule has 50 heavy (non-hydrogen) atoms. The van der Waals surface area contributed by atoms with Crippen LogP contribution in [0.3, 0.4) is 0 Å². The van der Waals surface area contributed by atoms with Crippen LogP contribution in [0.2, 0.25) is 5.02 Å². The summed E-state index contributed by atoms with van der Waals surface area (Å²) in [7, 11) is 0. The number of carbonyl (C=O) groups is 3. The molecule has 0 radical (unpaired) electrons. The van der Waals surface area contributed by atoms with Crippen molar-refractivity contribution in [3.05, 3.63) is 94.5 Å². The third-order valence-electron chi connectivity index (χ3n) is 7.39. The second-order valence-corrected chi connectivity index (χ2v) is 11.9. The van der Waals surface area contributed by atoms with E-state index in [0.29, 0.717) is 16.4 Å². The van der Waals surface area contributed by atoms with Gasteiger partial charge in [0.15, 0.2) is 6.61 Å². The fourth-order valence-corrected chi connectivity index (χ4v) is 4.73. The lowest BCUT2D eigenvalue weighted by molar-refractivity contribution is -0.154. The van der Waals surface area contributed by atoms with Crippen LogP contribution in [0.15, 0.2) is 72.8 Å². The molecule has 6 N–H and O–H groups in total. The van der Waals surface area contributed by atoms with Crippen LogP contribution in [0, 0.1) is 6.92 Å². The number of aryl methyl sites for hydroxylation is 1. The molecule has 0 bridgehead atoms. The number of alkyl halides is 3. The smallest absolute Gasteiger partial charge is 0.422 e. The van der Waals surface area contributed by atoms with E-state index in [-0.39, 0.29) is 30.5 Å². The van der Waals surface area contributed by atoms with E-state index >= 15 is 0 Å². The minimum absolute atomic E-state index is 0.00948. The van der Waals surface area contributed by atoms with Crippen molar-refractivity contribution < 1.29 is 37.4 Å². The molecule has 1 unspecified atom stereocenters. The predicted molar refractivity (Wildman–Crippen MR) is 178 cm³/mol. The summed E-state index contributed by atoms with van der Waals surface area (Å²) in [5, 5.41) is 24.1. The zero-order valence-electron chi connectivity index (χ0n) is 26.5. The number of benzene rings is 3. The number of hydrogen-bond donors (Lipinski definition) is 6. The molecule has 1 aromatic heterocycles. The van der Waals surface area contributed by atoms with Gasteiger partial charge in [0.1, 0.15) is 0 Å². The number of anilines is 4. The third kappa shape index (κ3) is 10.3. The Bertz CT molecular complexity index is 1820. The van der Waals surface area contributed by atoms with Gasteiger partial charge in [-0.3, -0.25) is 14.4 Å². The van der Waals surface area contributed by atoms with Crippen LogP contribution < -0.4 is 31.3 Å². The number of amides is 3. The minimum atomic E-state index is -4.62. The Balaban J connectivity index is 1.15. The van der Waals surface area contributed by atoms with E-state index in [1.165, 1.54) is 24.3 Å². The van der Waals surface area contributed by atoms with Gasteiger partial charge in [-0.25, -0.2) is 0 Å². The van der Waals surface area contributed by atoms with Crippen molar-refractivity contribution in [1.82, 2.24) is 25.6 Å². The van der Waals surface area contributed by atoms with E-state index in [0.717, 1.165) is 24.0 Å². The average molecular weight is 713 g/mol. The molecule has 13 nitrogen and oxygen atoms in total. The molecule has 1 fully saturated rings. The maximum absolute atomic E-state index is 12.9. The maximum Gasteiger partial charge on any atom is 0.422 e. The number of nitrogens with one attached hydrogen (secondary N) is 5. The lowest BCUT2D eigenvalue weighted by Crippen LogP contribution is -2.43. The van der Waals surface area contributed by atoms with Crippen LogP contribution in [0.25, 0.3) is 0 Å². The molecule has 4 aromatic rings. The second-order valence-electron chi connectivity index (χ2n) is 11.5. The monoisotopic (exact) mass is 712 g/mol. The Morgan fingerprint density at radius 3 is 2.12 bits per heavy atom. The number of hydrogen-bond acceptors (Lipinski definition) is 10. The van der Waals surface area contributed by atoms with Crippen LogP contribution in [0.4, 0.5) is 36.4 Å². The average Bonchev–Trinajstić information content (AvgIpc) is 3.86. The molecule has 3 aromatic carbocycles. The highest BCUT2D eigenvalue weighted by molar-refractivity contribution is 6.39. The zero-order valence-corrected chi connectivity index (χ0v) is 27.2. The standard InChI is InChI=1S/C33H32ClF3N8O5/c1-19-2-10-23(11-3-19)40-28(49)27(48)39-17-25(46)16-38-26(47)20-4-12-24(13-5-20)41-29-42-30(44-31(43-29)50-18-33(35,36)37)45-32(14-15-32)21-6-8-22(34)9-7-21/h2-13,25,46H,14-18H2,1H3,(H,38,47)(H,39,48)(H,40,49)(H2,41,42,43,44,45). The Morgan fingerprint density at radius 2 is 1.48 bits per heavy atom. The van der Waals surface area contributed by atoms with E-state index in [4.69, 9.17) is 16.3 Å². The summed E-state index contributed by atoms with van der Waals surface area (Å²) in [6, 6.07) is 19.4. The number of nitrogens with zero attached hydrogens (tertiary/aromatic N) is 3. The molecule has 1 aliphatic carbocycles. The molecular weight excluding hydrogens is 681 g/mol. The van der Waals surface area contributed by atoms with Gasteiger partial charge in [0.05, 0.1) is 11.6 Å². The minimum Gasteiger partial charge on any atom is -0.454 e. The van der Waals surface area contributed by atoms with E-state index in [9.17, 15) is 32.7 Å². The summed E-state index contributed by atoms with van der Waals surface area (Å²) in [5.41, 5.74) is 2.41. The first-order valence-corrected chi connectivity index (χ1v) is 15.6. The van der Waals surface area contributed by atoms with Crippen LogP contribution in [0.5, 0.6) is 6.01 Å². The van der Waals surface area contributed by atoms with E-state index in [1.54, 1.807) is 36.4 Å². The van der Waals surface area contributed by atoms with Crippen LogP contribution in [0.1, 0.15) is 34.3 Å². The Kier molecular flexibility index (Phi) is 11.0. The van der Waals surface area contributed by atoms with Gasteiger partial charge in [0, 0.05) is 35.1 Å². The number of carbonyl (C=O) groups excluding carboxylic acids is 3. The first kappa shape index (κ1) is 35.8. The maximum atomic E-state index is 12.9. The SMILES string of the molecule is Cc1ccc(NC(=O)C(=O)NCC(O)CNC(=O)c2ccc(Nc3nc(NC4(c5ccc(Cl)cc5)CC4)nc(OCC(F)(F)F)n3)cc2)cc1. The highest BCUT2D eigenvalue weighted by Crippen LogP contribution is 2.48. The molecule has 0 spiro atoms. The molecular formula is C33H32ClF3N8O5. The quantitative estimate of drug-likeness (QED) is 0.108. The van der Waals surface area contributed by atoms with Crippen molar-refractivity contribution >= 4 is 52.6 Å². The Morgan fingerprint density at radius 1 is 0.860 bits per heavy atom. The first-order chi connectivity index (χ1) is 23.8. The molecule has 1 aliphatic rings. The van der Waals surface area contributed by atoms with Crippen molar-refractivity contribution in [3.63, 3.8) is 0 Å². The fourth-order valence-electron chi connectivity index (χ4n) is 4.61. The number of rotatable bonds is 13. The van der Waals surface area contributed by atoms with Gasteiger partial charge in [0.2, 0.25) is 11.9 Å². The van der Waals surface area contributed by atoms with E-state index in [1.807, 2.05) is 19.1 Å². The van der Waals surface area contributed by atoms with Gasteiger partial charge >= 0.3 is 24.0 Å². The van der Waals surface area contributed by atoms with Gasteiger partial charge in [-0.05, 0) is 73.9 Å². The van der Waals surface area contributed by atoms with Crippen LogP contribution >= 0.6 is 11.6 Å². The lowest BCUT2D eigenvalue weighted by Gasteiger charge is -2.19. The van der Waals surface area contributed by atoms with Gasteiger partial charge in [-0.1, -0.05) is 41.4 Å². The predicted octanol–water partition coefficient (Wildman–Crippen LogP) is 4.46. The van der Waals surface area contributed by atoms with Gasteiger partial charge in [0.25, 0.3) is 5.91 Å². The molecule has 262 valence electrons. The third-order valence-corrected chi connectivity index (χ3v) is 7.65. The molecule has 3 amide bonds. The number of aromatic nitrogens is 3. The zero-order chi connectivity index (χ0) is 35.9. The number of halogens is 4. The highest BCUT2D eigenvalue weighted by atomic mass is 35.5. The number of aliphatic hydroxyl groups is 1. The van der Waals surface area contributed by atoms with Crippen LogP contribution in [-0.2, 0) is 15.1 Å². The molecule has 0 saturated heterocycles. The first-order valence-electron chi connectivity index (χ1n) is 15.3. The van der Waals surface area contributed by atoms with E-state index < -0.39 is 48.2 Å². The van der Waals surface area contributed by atoms with Crippen molar-refractivity contribution in [1.29, 1.82) is 0 Å². The summed E-state index contributed by atoms with van der Waals surface area (Å²) >= 11 is 6.01. The summed E-state index contributed by atoms with van der Waals surface area (Å²) < 4.78 is 43.5. The Labute approximate surface area is 289 Å². The van der Waals surface area contributed by atoms with Gasteiger partial charge < -0.3 is 36.4 Å². The molecule has 1 heterocycles. The number of ether oxygens (including phenoxy) is 1. The second kappa shape index (κ2) is 15.4. The van der Waals surface area contributed by atoms with E-state index in [2.05, 4.69) is 41.5 Å². The molecule has 1 saturated carbocycles. The topological polar surface area (TPSA) is 179 Å². The number of aliphatic hydroxyl groups excluding tert-OH is 1. The Hall–Kier alpha value is -5.48. The molecule has 1 atom stereocenters. The molecule has 17 heteroatoms. The lowest BCUT2D eigenvalue weighted by atomic mass is 10.1. The molecule has 5 rings (SSSR count). The fraction of sp³-hybridized carbons (Fsp3) is 0.273. The summed E-state index contributed by atoms with van der Waals surface area (Å²) in [5.74, 6) is -2.51. The van der Waals surface area contributed by atoms with Gasteiger partial charge in [-0.15, -0.1) is 0 Å². The van der Waals surface area contributed by atoms with Gasteiger partial charge in [-0.2, -0.15) is 28.1 Å². The summed E-state index contributed by atoms with van der Waals surface area (Å²) in [6.07, 6.45) is -4.36. The summed E-state index contributed by atoms with van der Waals surface area (Å²) in [4.78, 5) is 49.1. The summed E-state index contributed by atoms with van der Waals surface area (Å²) in [6.45, 7) is -0.238. The molecule has 0 aliphatic heterocycles. The van der Waals surface area contributed by atoms with Crippen molar-refractivity contribution in [3.8, 4) is 6.01 Å². The van der Waals surface area contributed by atoms with Crippen molar-refractivity contribution in [2.45, 2.75) is 37.6 Å². The van der Waals surface area contributed by atoms with Crippen molar-refractivity contribution in [2.75, 3.05) is 35.6 Å². The highest BCUT2D eigenvalue weighted by Gasteiger charge is 2.45. The van der Waals surface area contributed by atoms with Crippen molar-refractivity contribution in [2.24, 2.45) is 0 Å². The van der Waals surface area contributed by atoms with Crippen LogP contribution in [-0.4, -0.2) is 69.8 Å².